The van der Waals surface area contributed by atoms with Gasteiger partial charge in [-0.1, -0.05) is 12.1 Å². The molecule has 11 heteroatoms. The van der Waals surface area contributed by atoms with E-state index in [1.807, 2.05) is 0 Å². The molecule has 36 heavy (non-hydrogen) atoms. The van der Waals surface area contributed by atoms with Crippen LogP contribution in [0.3, 0.4) is 0 Å². The van der Waals surface area contributed by atoms with Gasteiger partial charge >= 0.3 is 6.61 Å². The van der Waals surface area contributed by atoms with Gasteiger partial charge in [0.1, 0.15) is 5.75 Å². The maximum absolute atomic E-state index is 13.7. The van der Waals surface area contributed by atoms with Gasteiger partial charge in [0.2, 0.25) is 5.88 Å². The van der Waals surface area contributed by atoms with E-state index < -0.39 is 25.2 Å². The van der Waals surface area contributed by atoms with Crippen LogP contribution in [-0.2, 0) is 0 Å². The standard InChI is InChI=1S/C25H20F4N4O3/c1-31-11-16-10-17(5-8-19(16)30)33-12-15-4-9-21(35-13-20(26)27)32-23(15)22(24(33)34)14-2-6-18(7-3-14)36-25(28)29/h2-12,20,25,30-31H,13H2,1H3/b16-11-,30-19?. The first kappa shape index (κ1) is 24.7. The van der Waals surface area contributed by atoms with Crippen LogP contribution in [0.4, 0.5) is 17.6 Å². The second kappa shape index (κ2) is 10.5. The highest BCUT2D eigenvalue weighted by atomic mass is 19.3. The molecule has 2 N–H and O–H groups in total. The molecule has 4 rings (SSSR count). The summed E-state index contributed by atoms with van der Waals surface area (Å²) in [4.78, 5) is 18.0. The smallest absolute Gasteiger partial charge is 0.387 e. The number of nitrogens with zero attached hydrogens (tertiary/aromatic N) is 2. The summed E-state index contributed by atoms with van der Waals surface area (Å²) in [6.45, 7) is -3.88. The molecule has 0 fully saturated rings. The van der Waals surface area contributed by atoms with Crippen LogP contribution in [0.2, 0.25) is 0 Å². The minimum atomic E-state index is -3.01. The second-order valence-corrected chi connectivity index (χ2v) is 7.58. The van der Waals surface area contributed by atoms with Crippen LogP contribution in [0.5, 0.6) is 11.6 Å². The van der Waals surface area contributed by atoms with Crippen molar-refractivity contribution in [3.63, 3.8) is 0 Å². The molecule has 7 nitrogen and oxygen atoms in total. The van der Waals surface area contributed by atoms with E-state index in [9.17, 15) is 22.4 Å². The molecule has 186 valence electrons. The van der Waals surface area contributed by atoms with Crippen molar-refractivity contribution in [3.05, 3.63) is 82.9 Å². The summed E-state index contributed by atoms with van der Waals surface area (Å²) in [5.74, 6) is -0.190. The van der Waals surface area contributed by atoms with Gasteiger partial charge in [-0.25, -0.2) is 13.8 Å². The van der Waals surface area contributed by atoms with E-state index in [1.54, 1.807) is 43.7 Å². The van der Waals surface area contributed by atoms with Crippen molar-refractivity contribution in [2.75, 3.05) is 13.7 Å². The number of hydrogen-bond acceptors (Lipinski definition) is 6. The number of halogens is 4. The Hall–Kier alpha value is -4.41. The molecule has 0 saturated carbocycles. The number of ether oxygens (including phenoxy) is 2. The Bertz CT molecular complexity index is 1440. The molecule has 3 aromatic rings. The molecule has 0 aliphatic heterocycles. The molecular formula is C25H20F4N4O3. The predicted octanol–water partition coefficient (Wildman–Crippen LogP) is 4.84. The zero-order chi connectivity index (χ0) is 25.8. The van der Waals surface area contributed by atoms with Gasteiger partial charge in [0.25, 0.3) is 12.0 Å². The highest BCUT2D eigenvalue weighted by Gasteiger charge is 2.18. The molecule has 0 atom stereocenters. The summed E-state index contributed by atoms with van der Waals surface area (Å²) in [5.41, 5.74) is 1.40. The Labute approximate surface area is 202 Å². The zero-order valence-corrected chi connectivity index (χ0v) is 18.8. The predicted molar refractivity (Wildman–Crippen MR) is 128 cm³/mol. The highest BCUT2D eigenvalue weighted by Crippen LogP contribution is 2.29. The lowest BCUT2D eigenvalue weighted by atomic mass is 10.0. The molecular weight excluding hydrogens is 480 g/mol. The number of allylic oxidation sites excluding steroid dienone is 5. The third-order valence-corrected chi connectivity index (χ3v) is 5.18. The minimum Gasteiger partial charge on any atom is -0.472 e. The molecule has 0 radical (unpaired) electrons. The number of nitrogens with one attached hydrogen (secondary N) is 2. The quantitative estimate of drug-likeness (QED) is 0.432. The fourth-order valence-corrected chi connectivity index (χ4v) is 3.63. The van der Waals surface area contributed by atoms with Crippen LogP contribution in [0.25, 0.3) is 27.7 Å². The molecule has 2 aromatic heterocycles. The SMILES string of the molecule is CN/C=C1/C=C(n2cc3ccc(OCC(F)F)nc3c(-c3ccc(OC(F)F)cc3)c2=O)C=CC1=N. The number of hydrogen-bond donors (Lipinski definition) is 2. The first-order chi connectivity index (χ1) is 17.3. The summed E-state index contributed by atoms with van der Waals surface area (Å²) in [6.07, 6.45) is 5.27. The van der Waals surface area contributed by atoms with Crippen molar-refractivity contribution in [2.24, 2.45) is 0 Å². The van der Waals surface area contributed by atoms with E-state index in [4.69, 9.17) is 10.1 Å². The highest BCUT2D eigenvalue weighted by molar-refractivity contribution is 6.12. The van der Waals surface area contributed by atoms with Crippen LogP contribution in [0.1, 0.15) is 0 Å². The van der Waals surface area contributed by atoms with Gasteiger partial charge in [-0.3, -0.25) is 9.36 Å². The van der Waals surface area contributed by atoms with Gasteiger partial charge in [0.15, 0.2) is 6.61 Å². The molecule has 1 aliphatic rings. The first-order valence-electron chi connectivity index (χ1n) is 10.7. The molecule has 0 amide bonds. The Balaban J connectivity index is 1.91. The summed E-state index contributed by atoms with van der Waals surface area (Å²) in [6, 6.07) is 8.43. The maximum Gasteiger partial charge on any atom is 0.387 e. The Morgan fingerprint density at radius 2 is 1.86 bits per heavy atom. The Morgan fingerprint density at radius 1 is 1.11 bits per heavy atom. The fourth-order valence-electron chi connectivity index (χ4n) is 3.63. The number of rotatable bonds is 8. The number of alkyl halides is 4. The average Bonchev–Trinajstić information content (AvgIpc) is 2.84. The van der Waals surface area contributed by atoms with E-state index in [0.29, 0.717) is 22.2 Å². The van der Waals surface area contributed by atoms with Crippen LogP contribution < -0.4 is 20.3 Å². The normalized spacial score (nSPS) is 14.6. The zero-order valence-electron chi connectivity index (χ0n) is 18.8. The molecule has 1 aromatic carbocycles. The van der Waals surface area contributed by atoms with E-state index >= 15 is 0 Å². The first-order valence-corrected chi connectivity index (χ1v) is 10.7. The van der Waals surface area contributed by atoms with E-state index in [1.165, 1.54) is 34.9 Å². The van der Waals surface area contributed by atoms with E-state index in [-0.39, 0.29) is 28.4 Å². The van der Waals surface area contributed by atoms with Crippen LogP contribution >= 0.6 is 0 Å². The lowest BCUT2D eigenvalue weighted by Gasteiger charge is -2.16. The topological polar surface area (TPSA) is 89.2 Å². The molecule has 0 bridgehead atoms. The molecule has 2 heterocycles. The molecule has 0 unspecified atom stereocenters. The molecule has 0 spiro atoms. The van der Waals surface area contributed by atoms with E-state index in [0.717, 1.165) is 0 Å². The average molecular weight is 500 g/mol. The van der Waals surface area contributed by atoms with Gasteiger partial charge in [-0.15, -0.1) is 0 Å². The summed E-state index contributed by atoms with van der Waals surface area (Å²) >= 11 is 0. The largest absolute Gasteiger partial charge is 0.472 e. The number of pyridine rings is 2. The number of benzene rings is 1. The molecule has 1 aliphatic carbocycles. The van der Waals surface area contributed by atoms with Crippen molar-refractivity contribution in [2.45, 2.75) is 13.0 Å². The monoisotopic (exact) mass is 500 g/mol. The van der Waals surface area contributed by atoms with Crippen LogP contribution in [0, 0.1) is 5.41 Å². The van der Waals surface area contributed by atoms with Crippen molar-refractivity contribution in [3.8, 4) is 22.8 Å². The third kappa shape index (κ3) is 5.29. The van der Waals surface area contributed by atoms with Crippen LogP contribution in [0.15, 0.2) is 77.4 Å². The van der Waals surface area contributed by atoms with Crippen molar-refractivity contribution < 1.29 is 27.0 Å². The molecule has 0 saturated heterocycles. The summed E-state index contributed by atoms with van der Waals surface area (Å²) in [7, 11) is 1.69. The lowest BCUT2D eigenvalue weighted by Crippen LogP contribution is -2.22. The van der Waals surface area contributed by atoms with Crippen molar-refractivity contribution in [1.82, 2.24) is 14.9 Å². The van der Waals surface area contributed by atoms with Gasteiger partial charge in [0.05, 0.1) is 16.8 Å². The maximum atomic E-state index is 13.7. The summed E-state index contributed by atoms with van der Waals surface area (Å²) in [5, 5.41) is 11.4. The summed E-state index contributed by atoms with van der Waals surface area (Å²) < 4.78 is 61.2. The van der Waals surface area contributed by atoms with Gasteiger partial charge in [0, 0.05) is 42.2 Å². The lowest BCUT2D eigenvalue weighted by molar-refractivity contribution is -0.0498. The Morgan fingerprint density at radius 3 is 2.53 bits per heavy atom. The fraction of sp³-hybridized carbons (Fsp3) is 0.160. The Kier molecular flexibility index (Phi) is 7.18. The number of aromatic nitrogens is 2. The van der Waals surface area contributed by atoms with Gasteiger partial charge in [-0.05, 0) is 42.0 Å². The number of fused-ring (bicyclic) bond motifs is 1. The minimum absolute atomic E-state index is 0.0941. The third-order valence-electron chi connectivity index (χ3n) is 5.18. The van der Waals surface area contributed by atoms with Crippen molar-refractivity contribution in [1.29, 1.82) is 5.41 Å². The second-order valence-electron chi connectivity index (χ2n) is 7.58. The van der Waals surface area contributed by atoms with Gasteiger partial charge < -0.3 is 20.2 Å². The van der Waals surface area contributed by atoms with Crippen molar-refractivity contribution >= 4 is 22.3 Å². The van der Waals surface area contributed by atoms with Gasteiger partial charge in [-0.2, -0.15) is 8.78 Å². The van der Waals surface area contributed by atoms with E-state index in [2.05, 4.69) is 15.0 Å². The van der Waals surface area contributed by atoms with Crippen LogP contribution in [-0.4, -0.2) is 42.0 Å².